The van der Waals surface area contributed by atoms with Gasteiger partial charge in [0, 0.05) is 39.3 Å². The Bertz CT molecular complexity index is 831. The molecule has 0 saturated carbocycles. The Labute approximate surface area is 182 Å². The Morgan fingerprint density at radius 1 is 0.966 bits per heavy atom. The summed E-state index contributed by atoms with van der Waals surface area (Å²) < 4.78 is 54.0. The molecule has 0 aromatic heterocycles. The van der Waals surface area contributed by atoms with Crippen molar-refractivity contribution in [3.05, 3.63) is 24.3 Å². The van der Waals surface area contributed by atoms with Crippen LogP contribution in [-0.4, -0.2) is 65.3 Å². The third kappa shape index (κ3) is 6.90. The number of nitrogens with zero attached hydrogens (tertiary/aromatic N) is 2. The zero-order chi connectivity index (χ0) is 20.9. The third-order valence-electron chi connectivity index (χ3n) is 5.14. The van der Waals surface area contributed by atoms with Crippen LogP contribution in [0.1, 0.15) is 34.1 Å². The largest absolute Gasteiger partial charge is 0.302 e. The molecular weight excluding hydrogens is 434 g/mol. The van der Waals surface area contributed by atoms with Gasteiger partial charge in [0.25, 0.3) is 0 Å². The molecule has 1 aromatic rings. The number of rotatable bonds is 9. The lowest BCUT2D eigenvalue weighted by Gasteiger charge is -2.34. The minimum absolute atomic E-state index is 0. The highest BCUT2D eigenvalue weighted by Crippen LogP contribution is 2.21. The Hall–Kier alpha value is -0.710. The highest BCUT2D eigenvalue weighted by Gasteiger charge is 2.24. The van der Waals surface area contributed by atoms with Crippen molar-refractivity contribution in [3.63, 3.8) is 0 Å². The van der Waals surface area contributed by atoms with E-state index in [1.54, 1.807) is 13.8 Å². The number of hydrogen-bond donors (Lipinski definition) is 1. The summed E-state index contributed by atoms with van der Waals surface area (Å²) in [6, 6.07) is 5.42. The molecule has 0 amide bonds. The van der Waals surface area contributed by atoms with Gasteiger partial charge in [0.05, 0.1) is 9.79 Å². The maximum absolute atomic E-state index is 12.5. The lowest BCUT2D eigenvalue weighted by atomic mass is 9.92. The standard InChI is InChI=1S/C19H33N3O4S2.ClH/c1-5-22(6-2)28(25,26)19-9-7-18(8-10-19)27(23,24)20-11-12-21-14-16(3)13-17(4)15-21;/h7-10,16-17,20H,5-6,11-15H2,1-4H3;1H. The van der Waals surface area contributed by atoms with Gasteiger partial charge in [-0.3, -0.25) is 0 Å². The summed E-state index contributed by atoms with van der Waals surface area (Å²) >= 11 is 0. The highest BCUT2D eigenvalue weighted by atomic mass is 35.5. The Morgan fingerprint density at radius 3 is 1.93 bits per heavy atom. The van der Waals surface area contributed by atoms with Gasteiger partial charge in [-0.25, -0.2) is 21.6 Å². The summed E-state index contributed by atoms with van der Waals surface area (Å²) in [6.45, 7) is 11.7. The fourth-order valence-corrected chi connectivity index (χ4v) is 6.38. The molecule has 0 bridgehead atoms. The van der Waals surface area contributed by atoms with E-state index in [0.717, 1.165) is 13.1 Å². The molecule has 2 unspecified atom stereocenters. The van der Waals surface area contributed by atoms with Crippen molar-refractivity contribution in [1.82, 2.24) is 13.9 Å². The van der Waals surface area contributed by atoms with Crippen molar-refractivity contribution < 1.29 is 16.8 Å². The van der Waals surface area contributed by atoms with Crippen molar-refractivity contribution in [1.29, 1.82) is 0 Å². The Kier molecular flexibility index (Phi) is 10.0. The van der Waals surface area contributed by atoms with Crippen LogP contribution in [0, 0.1) is 11.8 Å². The van der Waals surface area contributed by atoms with Gasteiger partial charge in [-0.1, -0.05) is 27.7 Å². The van der Waals surface area contributed by atoms with Gasteiger partial charge in [0.2, 0.25) is 20.0 Å². The lowest BCUT2D eigenvalue weighted by Crippen LogP contribution is -2.42. The fourth-order valence-electron chi connectivity index (χ4n) is 3.90. The first-order valence-electron chi connectivity index (χ1n) is 9.92. The summed E-state index contributed by atoms with van der Waals surface area (Å²) in [5, 5.41) is 0. The second kappa shape index (κ2) is 11.1. The van der Waals surface area contributed by atoms with E-state index < -0.39 is 20.0 Å². The van der Waals surface area contributed by atoms with Crippen LogP contribution in [0.5, 0.6) is 0 Å². The fraction of sp³-hybridized carbons (Fsp3) is 0.684. The maximum atomic E-state index is 12.5. The molecule has 29 heavy (non-hydrogen) atoms. The minimum Gasteiger partial charge on any atom is -0.302 e. The van der Waals surface area contributed by atoms with E-state index in [4.69, 9.17) is 0 Å². The zero-order valence-electron chi connectivity index (χ0n) is 17.7. The average Bonchev–Trinajstić information content (AvgIpc) is 2.61. The molecule has 168 valence electrons. The molecule has 1 N–H and O–H groups in total. The molecule has 1 heterocycles. The van der Waals surface area contributed by atoms with Crippen LogP contribution < -0.4 is 4.72 Å². The summed E-state index contributed by atoms with van der Waals surface area (Å²) in [7, 11) is -7.26. The number of nitrogens with one attached hydrogen (secondary N) is 1. The molecule has 1 aromatic carbocycles. The van der Waals surface area contributed by atoms with E-state index in [9.17, 15) is 16.8 Å². The Morgan fingerprint density at radius 2 is 1.45 bits per heavy atom. The molecule has 1 saturated heterocycles. The molecule has 0 spiro atoms. The summed E-state index contributed by atoms with van der Waals surface area (Å²) in [5.41, 5.74) is 0. The zero-order valence-corrected chi connectivity index (χ0v) is 20.1. The number of halogens is 1. The molecule has 7 nitrogen and oxygen atoms in total. The molecule has 1 fully saturated rings. The summed E-state index contributed by atoms with van der Waals surface area (Å²) in [5.74, 6) is 1.25. The van der Waals surface area contributed by atoms with E-state index >= 15 is 0 Å². The van der Waals surface area contributed by atoms with Crippen LogP contribution in [-0.2, 0) is 20.0 Å². The van der Waals surface area contributed by atoms with Crippen molar-refractivity contribution in [3.8, 4) is 0 Å². The number of hydrogen-bond acceptors (Lipinski definition) is 5. The first-order valence-corrected chi connectivity index (χ1v) is 12.8. The van der Waals surface area contributed by atoms with Gasteiger partial charge in [0.15, 0.2) is 0 Å². The van der Waals surface area contributed by atoms with Crippen molar-refractivity contribution in [2.75, 3.05) is 39.3 Å². The number of sulfonamides is 2. The maximum Gasteiger partial charge on any atom is 0.243 e. The highest BCUT2D eigenvalue weighted by molar-refractivity contribution is 7.89. The van der Waals surface area contributed by atoms with Crippen LogP contribution in [0.25, 0.3) is 0 Å². The quantitative estimate of drug-likeness (QED) is 0.602. The first-order chi connectivity index (χ1) is 13.1. The molecule has 1 aliphatic rings. The predicted molar refractivity (Wildman–Crippen MR) is 118 cm³/mol. The number of benzene rings is 1. The van der Waals surface area contributed by atoms with Crippen LogP contribution in [0.2, 0.25) is 0 Å². The predicted octanol–water partition coefficient (Wildman–Crippen LogP) is 2.40. The molecular formula is C19H34ClN3O4S2. The van der Waals surface area contributed by atoms with Gasteiger partial charge >= 0.3 is 0 Å². The molecule has 10 heteroatoms. The summed E-state index contributed by atoms with van der Waals surface area (Å²) in [6.07, 6.45) is 1.21. The monoisotopic (exact) mass is 467 g/mol. The number of likely N-dealkylation sites (tertiary alicyclic amines) is 1. The third-order valence-corrected chi connectivity index (χ3v) is 8.68. The van der Waals surface area contributed by atoms with Gasteiger partial charge in [0.1, 0.15) is 0 Å². The van der Waals surface area contributed by atoms with Crippen LogP contribution >= 0.6 is 12.4 Å². The molecule has 1 aliphatic heterocycles. The lowest BCUT2D eigenvalue weighted by molar-refractivity contribution is 0.143. The second-order valence-electron chi connectivity index (χ2n) is 7.66. The number of piperidine rings is 1. The topological polar surface area (TPSA) is 86.8 Å². The van der Waals surface area contributed by atoms with Gasteiger partial charge in [-0.15, -0.1) is 12.4 Å². The Balaban J connectivity index is 0.00000420. The van der Waals surface area contributed by atoms with Gasteiger partial charge in [-0.05, 0) is 42.5 Å². The van der Waals surface area contributed by atoms with Gasteiger partial charge < -0.3 is 4.90 Å². The SMILES string of the molecule is CCN(CC)S(=O)(=O)c1ccc(S(=O)(=O)NCCN2CC(C)CC(C)C2)cc1.Cl. The minimum atomic E-state index is -3.67. The van der Waals surface area contributed by atoms with E-state index in [1.165, 1.54) is 35.0 Å². The smallest absolute Gasteiger partial charge is 0.243 e. The van der Waals surface area contributed by atoms with E-state index in [1.807, 2.05) is 0 Å². The van der Waals surface area contributed by atoms with Crippen molar-refractivity contribution >= 4 is 32.5 Å². The van der Waals surface area contributed by atoms with Crippen molar-refractivity contribution in [2.45, 2.75) is 43.9 Å². The molecule has 2 rings (SSSR count). The molecule has 0 aliphatic carbocycles. The first kappa shape index (κ1) is 26.3. The van der Waals surface area contributed by atoms with Gasteiger partial charge in [-0.2, -0.15) is 4.31 Å². The van der Waals surface area contributed by atoms with Crippen molar-refractivity contribution in [2.24, 2.45) is 11.8 Å². The average molecular weight is 468 g/mol. The van der Waals surface area contributed by atoms with Crippen LogP contribution in [0.3, 0.4) is 0 Å². The second-order valence-corrected chi connectivity index (χ2v) is 11.4. The molecule has 0 radical (unpaired) electrons. The summed E-state index contributed by atoms with van der Waals surface area (Å²) in [4.78, 5) is 2.47. The van der Waals surface area contributed by atoms with E-state index in [2.05, 4.69) is 23.5 Å². The normalized spacial score (nSPS) is 21.1. The van der Waals surface area contributed by atoms with Crippen LogP contribution in [0.15, 0.2) is 34.1 Å². The van der Waals surface area contributed by atoms with E-state index in [-0.39, 0.29) is 22.2 Å². The van der Waals surface area contributed by atoms with Crippen LogP contribution in [0.4, 0.5) is 0 Å². The van der Waals surface area contributed by atoms with E-state index in [0.29, 0.717) is 38.0 Å². The molecule has 2 atom stereocenters.